The number of hydrogen-bond donors (Lipinski definition) is 0. The van der Waals surface area contributed by atoms with E-state index in [4.69, 9.17) is 0 Å². The average molecular weight is 341 g/mol. The average Bonchev–Trinajstić information content (AvgIpc) is 2.95. The van der Waals surface area contributed by atoms with Crippen LogP contribution >= 0.6 is 0 Å². The molecule has 0 spiro atoms. The summed E-state index contributed by atoms with van der Waals surface area (Å²) in [5.74, 6) is 0.463. The van der Waals surface area contributed by atoms with Crippen LogP contribution in [-0.4, -0.2) is 4.57 Å². The molecule has 4 rings (SSSR count). The third kappa shape index (κ3) is 2.53. The maximum Gasteiger partial charge on any atom is 0.229 e. The van der Waals surface area contributed by atoms with Crippen molar-refractivity contribution in [2.45, 2.75) is 26.7 Å². The summed E-state index contributed by atoms with van der Waals surface area (Å²) in [6.45, 7) is 6.76. The van der Waals surface area contributed by atoms with Crippen LogP contribution in [-0.2, 0) is 7.05 Å². The fraction of sp³-hybridized carbons (Fsp3) is 0.208. The largest absolute Gasteiger partial charge is 0.304 e. The normalized spacial score (nSPS) is 11.4. The first kappa shape index (κ1) is 16.6. The lowest BCUT2D eigenvalue weighted by molar-refractivity contribution is -0.660. The Morgan fingerprint density at radius 2 is 1.54 bits per heavy atom. The number of benzene rings is 2. The van der Waals surface area contributed by atoms with E-state index in [0.29, 0.717) is 5.92 Å². The second kappa shape index (κ2) is 6.45. The minimum Gasteiger partial charge on any atom is -0.304 e. The van der Waals surface area contributed by atoms with E-state index in [0.717, 1.165) is 0 Å². The van der Waals surface area contributed by atoms with Gasteiger partial charge in [-0.15, -0.1) is 0 Å². The molecule has 0 amide bonds. The zero-order valence-corrected chi connectivity index (χ0v) is 15.9. The van der Waals surface area contributed by atoms with Gasteiger partial charge in [-0.2, -0.15) is 4.57 Å². The maximum absolute atomic E-state index is 2.44. The Kier molecular flexibility index (Phi) is 4.12. The van der Waals surface area contributed by atoms with E-state index in [1.165, 1.54) is 39.1 Å². The molecule has 0 saturated heterocycles. The fourth-order valence-corrected chi connectivity index (χ4v) is 3.91. The van der Waals surface area contributed by atoms with E-state index >= 15 is 0 Å². The van der Waals surface area contributed by atoms with Gasteiger partial charge in [-0.25, -0.2) is 0 Å². The van der Waals surface area contributed by atoms with Crippen LogP contribution in [0.25, 0.3) is 28.0 Å². The summed E-state index contributed by atoms with van der Waals surface area (Å²) in [6, 6.07) is 23.9. The summed E-state index contributed by atoms with van der Waals surface area (Å²) in [4.78, 5) is 0. The maximum atomic E-state index is 2.44. The van der Waals surface area contributed by atoms with Crippen LogP contribution < -0.4 is 4.57 Å². The number of aryl methyl sites for hydroxylation is 2. The molecule has 0 aliphatic carbocycles. The third-order valence-corrected chi connectivity index (χ3v) is 5.22. The number of para-hydroxylation sites is 2. The van der Waals surface area contributed by atoms with Gasteiger partial charge in [0.15, 0.2) is 6.20 Å². The van der Waals surface area contributed by atoms with Gasteiger partial charge in [-0.3, -0.25) is 0 Å². The third-order valence-electron chi connectivity index (χ3n) is 5.22. The van der Waals surface area contributed by atoms with Crippen molar-refractivity contribution in [1.82, 2.24) is 4.57 Å². The van der Waals surface area contributed by atoms with Gasteiger partial charge >= 0.3 is 0 Å². The van der Waals surface area contributed by atoms with Crippen molar-refractivity contribution >= 4 is 10.9 Å². The van der Waals surface area contributed by atoms with Crippen LogP contribution in [0.2, 0.25) is 0 Å². The molecule has 0 atom stereocenters. The van der Waals surface area contributed by atoms with Crippen molar-refractivity contribution in [3.63, 3.8) is 0 Å². The number of aromatic nitrogens is 2. The smallest absolute Gasteiger partial charge is 0.229 e. The number of pyridine rings is 1. The van der Waals surface area contributed by atoms with Crippen LogP contribution in [0, 0.1) is 6.92 Å². The van der Waals surface area contributed by atoms with Gasteiger partial charge in [-0.05, 0) is 42.2 Å². The Hall–Kier alpha value is -2.87. The van der Waals surface area contributed by atoms with E-state index in [-0.39, 0.29) is 0 Å². The van der Waals surface area contributed by atoms with Gasteiger partial charge in [0.05, 0.1) is 5.52 Å². The molecule has 2 heteroatoms. The lowest BCUT2D eigenvalue weighted by Gasteiger charge is -2.17. The molecule has 0 fully saturated rings. The van der Waals surface area contributed by atoms with Gasteiger partial charge in [0.1, 0.15) is 12.7 Å². The predicted octanol–water partition coefficient (Wildman–Crippen LogP) is 5.55. The molecule has 2 nitrogen and oxygen atoms in total. The lowest BCUT2D eigenvalue weighted by atomic mass is 10.0. The molecular weight excluding hydrogens is 316 g/mol. The zero-order chi connectivity index (χ0) is 18.3. The number of rotatable bonds is 3. The zero-order valence-electron chi connectivity index (χ0n) is 15.9. The van der Waals surface area contributed by atoms with Crippen molar-refractivity contribution in [3.8, 4) is 17.1 Å². The molecule has 2 aromatic carbocycles. The summed E-state index contributed by atoms with van der Waals surface area (Å²) in [7, 11) is 2.12. The van der Waals surface area contributed by atoms with E-state index < -0.39 is 0 Å². The Morgan fingerprint density at radius 3 is 2.31 bits per heavy atom. The van der Waals surface area contributed by atoms with E-state index in [1.807, 2.05) is 0 Å². The minimum absolute atomic E-state index is 0.463. The van der Waals surface area contributed by atoms with Crippen molar-refractivity contribution in [1.29, 1.82) is 0 Å². The molecule has 2 heterocycles. The molecule has 26 heavy (non-hydrogen) atoms. The lowest BCUT2D eigenvalue weighted by Crippen LogP contribution is -2.30. The molecule has 130 valence electrons. The Balaban J connectivity index is 2.16. The summed E-state index contributed by atoms with van der Waals surface area (Å²) in [5.41, 5.74) is 7.71. The van der Waals surface area contributed by atoms with Crippen LogP contribution in [0.4, 0.5) is 0 Å². The number of hydrogen-bond acceptors (Lipinski definition) is 0. The highest BCUT2D eigenvalue weighted by molar-refractivity contribution is 5.92. The Morgan fingerprint density at radius 1 is 0.846 bits per heavy atom. The molecule has 0 aliphatic heterocycles. The SMILES string of the molecule is Cc1c(-c2cccc[n+]2C)n(-c2ccccc2C(C)C)c2ccccc12. The van der Waals surface area contributed by atoms with E-state index in [9.17, 15) is 0 Å². The van der Waals surface area contributed by atoms with Crippen molar-refractivity contribution in [2.75, 3.05) is 0 Å². The molecule has 0 aliphatic rings. The molecule has 4 aromatic rings. The van der Waals surface area contributed by atoms with Gasteiger partial charge in [0.25, 0.3) is 0 Å². The van der Waals surface area contributed by atoms with Crippen LogP contribution in [0.5, 0.6) is 0 Å². The minimum atomic E-state index is 0.463. The van der Waals surface area contributed by atoms with Crippen LogP contribution in [0.15, 0.2) is 72.9 Å². The highest BCUT2D eigenvalue weighted by atomic mass is 15.0. The Labute approximate surface area is 155 Å². The predicted molar refractivity (Wildman–Crippen MR) is 109 cm³/mol. The molecule has 0 unspecified atom stereocenters. The summed E-state index contributed by atoms with van der Waals surface area (Å²) < 4.78 is 4.64. The first-order valence-electron chi connectivity index (χ1n) is 9.24. The van der Waals surface area contributed by atoms with Crippen LogP contribution in [0.1, 0.15) is 30.9 Å². The molecule has 2 aromatic heterocycles. The number of nitrogens with zero attached hydrogens (tertiary/aromatic N) is 2. The molecular formula is C24H25N2+. The Bertz CT molecular complexity index is 1090. The summed E-state index contributed by atoms with van der Waals surface area (Å²) in [5, 5.41) is 1.31. The second-order valence-electron chi connectivity index (χ2n) is 7.24. The van der Waals surface area contributed by atoms with Crippen molar-refractivity contribution in [2.24, 2.45) is 7.05 Å². The topological polar surface area (TPSA) is 8.81 Å². The van der Waals surface area contributed by atoms with E-state index in [2.05, 4.69) is 110 Å². The standard InChI is InChI=1S/C24H25N2/c1-17(2)19-11-5-7-13-21(19)26-22-14-8-6-12-20(22)18(3)24(26)23-15-9-10-16-25(23)4/h5-17H,1-4H3/q+1. The molecule has 0 N–H and O–H groups in total. The van der Waals surface area contributed by atoms with Crippen LogP contribution in [0.3, 0.4) is 0 Å². The molecule has 0 radical (unpaired) electrons. The quantitative estimate of drug-likeness (QED) is 0.432. The summed E-state index contributed by atoms with van der Waals surface area (Å²) in [6.07, 6.45) is 2.12. The highest BCUT2D eigenvalue weighted by Crippen LogP contribution is 2.36. The van der Waals surface area contributed by atoms with Gasteiger partial charge in [0.2, 0.25) is 5.69 Å². The fourth-order valence-electron chi connectivity index (χ4n) is 3.91. The first-order valence-corrected chi connectivity index (χ1v) is 9.24. The summed E-state index contributed by atoms with van der Waals surface area (Å²) >= 11 is 0. The monoisotopic (exact) mass is 341 g/mol. The second-order valence-corrected chi connectivity index (χ2v) is 7.24. The van der Waals surface area contributed by atoms with Crippen molar-refractivity contribution < 1.29 is 4.57 Å². The number of fused-ring (bicyclic) bond motifs is 1. The molecule has 0 bridgehead atoms. The van der Waals surface area contributed by atoms with Gasteiger partial charge in [0, 0.05) is 23.2 Å². The molecule has 0 saturated carbocycles. The highest BCUT2D eigenvalue weighted by Gasteiger charge is 2.23. The van der Waals surface area contributed by atoms with E-state index in [1.54, 1.807) is 0 Å². The van der Waals surface area contributed by atoms with Crippen molar-refractivity contribution in [3.05, 3.63) is 84.1 Å². The first-order chi connectivity index (χ1) is 12.6. The van der Waals surface area contributed by atoms with Gasteiger partial charge < -0.3 is 4.57 Å². The van der Waals surface area contributed by atoms with Gasteiger partial charge in [-0.1, -0.05) is 50.2 Å².